The molecule has 0 bridgehead atoms. The first kappa shape index (κ1) is 18.2. The fourth-order valence-electron chi connectivity index (χ4n) is 2.47. The molecule has 26 heavy (non-hydrogen) atoms. The second kappa shape index (κ2) is 7.72. The molecule has 1 aliphatic heterocycles. The van der Waals surface area contributed by atoms with Gasteiger partial charge in [-0.25, -0.2) is 4.79 Å². The summed E-state index contributed by atoms with van der Waals surface area (Å²) in [4.78, 5) is 26.3. The van der Waals surface area contributed by atoms with E-state index >= 15 is 0 Å². The summed E-state index contributed by atoms with van der Waals surface area (Å²) in [5.41, 5.74) is 1.85. The number of hydrogen-bond acceptors (Lipinski definition) is 6. The summed E-state index contributed by atoms with van der Waals surface area (Å²) in [5.74, 6) is -0.0342. The molecule has 0 unspecified atom stereocenters. The third-order valence-electron chi connectivity index (χ3n) is 3.75. The number of carbonyl (C=O) groups is 2. The molecule has 0 spiro atoms. The molecule has 1 saturated heterocycles. The van der Waals surface area contributed by atoms with Crippen molar-refractivity contribution in [3.05, 3.63) is 64.6 Å². The fourth-order valence-corrected chi connectivity index (χ4v) is 3.76. The number of rotatable bonds is 4. The van der Waals surface area contributed by atoms with Crippen LogP contribution in [0.5, 0.6) is 5.75 Å². The van der Waals surface area contributed by atoms with Crippen LogP contribution in [0.4, 0.5) is 5.69 Å². The zero-order chi connectivity index (χ0) is 18.7. The van der Waals surface area contributed by atoms with Crippen LogP contribution in [0.1, 0.15) is 15.9 Å². The molecule has 0 atom stereocenters. The Balaban J connectivity index is 1.89. The van der Waals surface area contributed by atoms with Crippen molar-refractivity contribution in [3.63, 3.8) is 0 Å². The minimum atomic E-state index is -0.404. The van der Waals surface area contributed by atoms with E-state index in [1.165, 1.54) is 23.8 Å². The van der Waals surface area contributed by atoms with E-state index in [1.807, 2.05) is 12.1 Å². The summed E-state index contributed by atoms with van der Waals surface area (Å²) >= 11 is 6.61. The van der Waals surface area contributed by atoms with Gasteiger partial charge in [0.25, 0.3) is 5.91 Å². The van der Waals surface area contributed by atoms with Crippen molar-refractivity contribution in [2.75, 3.05) is 19.1 Å². The van der Waals surface area contributed by atoms with Gasteiger partial charge in [-0.1, -0.05) is 48.2 Å². The number of esters is 1. The highest BCUT2D eigenvalue weighted by Gasteiger charge is 2.34. The number of hydrogen-bond donors (Lipinski definition) is 0. The highest BCUT2D eigenvalue weighted by molar-refractivity contribution is 8.27. The molecule has 7 heteroatoms. The molecule has 0 radical (unpaired) electrons. The molecule has 0 aromatic heterocycles. The maximum absolute atomic E-state index is 12.8. The van der Waals surface area contributed by atoms with Crippen LogP contribution in [-0.4, -0.2) is 30.4 Å². The van der Waals surface area contributed by atoms with Crippen LogP contribution >= 0.6 is 24.0 Å². The van der Waals surface area contributed by atoms with Gasteiger partial charge in [-0.2, -0.15) is 0 Å². The Hall–Kier alpha value is -2.64. The van der Waals surface area contributed by atoms with Gasteiger partial charge >= 0.3 is 5.97 Å². The number of carbonyl (C=O) groups excluding carboxylic acids is 2. The van der Waals surface area contributed by atoms with Crippen molar-refractivity contribution in [2.24, 2.45) is 0 Å². The molecule has 2 aromatic rings. The number of para-hydroxylation sites is 2. The summed E-state index contributed by atoms with van der Waals surface area (Å²) in [5, 5.41) is 0. The van der Waals surface area contributed by atoms with Crippen LogP contribution in [0, 0.1) is 0 Å². The lowest BCUT2D eigenvalue weighted by molar-refractivity contribution is -0.113. The molecule has 1 heterocycles. The van der Waals surface area contributed by atoms with E-state index < -0.39 is 5.97 Å². The quantitative estimate of drug-likeness (QED) is 0.452. The average molecular weight is 385 g/mol. The highest BCUT2D eigenvalue weighted by Crippen LogP contribution is 2.39. The first-order valence-corrected chi connectivity index (χ1v) is 8.87. The summed E-state index contributed by atoms with van der Waals surface area (Å²) in [6, 6.07) is 14.0. The normalized spacial score (nSPS) is 15.5. The lowest BCUT2D eigenvalue weighted by Gasteiger charge is -2.17. The van der Waals surface area contributed by atoms with Crippen molar-refractivity contribution < 1.29 is 19.1 Å². The molecule has 0 aliphatic carbocycles. The number of anilines is 1. The zero-order valence-electron chi connectivity index (χ0n) is 14.1. The Morgan fingerprint density at radius 3 is 2.46 bits per heavy atom. The Kier molecular flexibility index (Phi) is 5.39. The Bertz CT molecular complexity index is 906. The zero-order valence-corrected chi connectivity index (χ0v) is 15.7. The van der Waals surface area contributed by atoms with E-state index in [4.69, 9.17) is 17.0 Å². The van der Waals surface area contributed by atoms with Gasteiger partial charge in [-0.05, 0) is 35.9 Å². The SMILES string of the molecule is COC(=O)c1ccc(/C=C2/SC(=S)N(c3ccccc3OC)C2=O)cc1. The van der Waals surface area contributed by atoms with Crippen LogP contribution in [0.3, 0.4) is 0 Å². The topological polar surface area (TPSA) is 55.8 Å². The number of amides is 1. The van der Waals surface area contributed by atoms with Crippen LogP contribution in [0.15, 0.2) is 53.4 Å². The lowest BCUT2D eigenvalue weighted by Crippen LogP contribution is -2.27. The predicted molar refractivity (Wildman–Crippen MR) is 106 cm³/mol. The number of ether oxygens (including phenoxy) is 2. The number of nitrogens with zero attached hydrogens (tertiary/aromatic N) is 1. The third-order valence-corrected chi connectivity index (χ3v) is 5.05. The molecular formula is C19H15NO4S2. The second-order valence-corrected chi connectivity index (χ2v) is 6.98. The van der Waals surface area contributed by atoms with E-state index in [2.05, 4.69) is 4.74 Å². The van der Waals surface area contributed by atoms with Crippen molar-refractivity contribution >= 4 is 51.9 Å². The van der Waals surface area contributed by atoms with Crippen LogP contribution in [0.2, 0.25) is 0 Å². The molecular weight excluding hydrogens is 370 g/mol. The standard InChI is InChI=1S/C19H15NO4S2/c1-23-15-6-4-3-5-14(15)20-17(21)16(26-19(20)25)11-12-7-9-13(10-8-12)18(22)24-2/h3-11H,1-2H3/b16-11+. The molecule has 1 amide bonds. The first-order valence-electron chi connectivity index (χ1n) is 7.64. The molecule has 3 rings (SSSR count). The van der Waals surface area contributed by atoms with Crippen LogP contribution in [0.25, 0.3) is 6.08 Å². The van der Waals surface area contributed by atoms with Gasteiger partial charge in [0, 0.05) is 0 Å². The summed E-state index contributed by atoms with van der Waals surface area (Å²) in [7, 11) is 2.88. The Morgan fingerprint density at radius 1 is 1.12 bits per heavy atom. The van der Waals surface area contributed by atoms with Gasteiger partial charge in [0.2, 0.25) is 0 Å². The second-order valence-electron chi connectivity index (χ2n) is 5.30. The Labute approximate surface area is 160 Å². The summed E-state index contributed by atoms with van der Waals surface area (Å²) in [6.45, 7) is 0. The molecule has 1 fully saturated rings. The van der Waals surface area contributed by atoms with Gasteiger partial charge in [0.05, 0.1) is 30.4 Å². The molecule has 1 aliphatic rings. The summed E-state index contributed by atoms with van der Waals surface area (Å²) < 4.78 is 10.4. The van der Waals surface area contributed by atoms with Crippen molar-refractivity contribution in [2.45, 2.75) is 0 Å². The smallest absolute Gasteiger partial charge is 0.337 e. The molecule has 0 saturated carbocycles. The van der Waals surface area contributed by atoms with E-state index in [9.17, 15) is 9.59 Å². The van der Waals surface area contributed by atoms with Crippen LogP contribution in [-0.2, 0) is 9.53 Å². The molecule has 5 nitrogen and oxygen atoms in total. The number of methoxy groups -OCH3 is 2. The monoisotopic (exact) mass is 385 g/mol. The average Bonchev–Trinajstić information content (AvgIpc) is 2.94. The van der Waals surface area contributed by atoms with E-state index in [0.29, 0.717) is 26.2 Å². The molecule has 132 valence electrons. The van der Waals surface area contributed by atoms with Crippen molar-refractivity contribution in [1.29, 1.82) is 0 Å². The van der Waals surface area contributed by atoms with Crippen LogP contribution < -0.4 is 9.64 Å². The number of benzene rings is 2. The minimum absolute atomic E-state index is 0.207. The fraction of sp³-hybridized carbons (Fsp3) is 0.105. The third kappa shape index (κ3) is 3.49. The minimum Gasteiger partial charge on any atom is -0.495 e. The number of thiocarbonyl (C=S) groups is 1. The van der Waals surface area contributed by atoms with Gasteiger partial charge in [-0.15, -0.1) is 0 Å². The van der Waals surface area contributed by atoms with Gasteiger partial charge in [0.15, 0.2) is 4.32 Å². The van der Waals surface area contributed by atoms with Crippen molar-refractivity contribution in [3.8, 4) is 5.75 Å². The van der Waals surface area contributed by atoms with Crippen molar-refractivity contribution in [1.82, 2.24) is 0 Å². The maximum Gasteiger partial charge on any atom is 0.337 e. The molecule has 0 N–H and O–H groups in total. The van der Waals surface area contributed by atoms with E-state index in [1.54, 1.807) is 49.6 Å². The number of thioether (sulfide) groups is 1. The van der Waals surface area contributed by atoms with E-state index in [0.717, 1.165) is 5.56 Å². The lowest BCUT2D eigenvalue weighted by atomic mass is 10.1. The highest BCUT2D eigenvalue weighted by atomic mass is 32.2. The summed E-state index contributed by atoms with van der Waals surface area (Å²) in [6.07, 6.45) is 1.75. The van der Waals surface area contributed by atoms with Gasteiger partial charge < -0.3 is 9.47 Å². The molecule has 2 aromatic carbocycles. The largest absolute Gasteiger partial charge is 0.495 e. The Morgan fingerprint density at radius 2 is 1.81 bits per heavy atom. The van der Waals surface area contributed by atoms with Gasteiger partial charge in [0.1, 0.15) is 5.75 Å². The van der Waals surface area contributed by atoms with E-state index in [-0.39, 0.29) is 5.91 Å². The maximum atomic E-state index is 12.8. The van der Waals surface area contributed by atoms with Gasteiger partial charge in [-0.3, -0.25) is 9.69 Å². The first-order chi connectivity index (χ1) is 12.5. The predicted octanol–water partition coefficient (Wildman–Crippen LogP) is 3.89.